The molecule has 0 amide bonds. The van der Waals surface area contributed by atoms with Crippen molar-refractivity contribution in [2.45, 2.75) is 10.8 Å². The van der Waals surface area contributed by atoms with Crippen LogP contribution in [-0.2, 0) is 10.8 Å². The molecule has 2 aliphatic carbocycles. The summed E-state index contributed by atoms with van der Waals surface area (Å²) >= 11 is 0. The lowest BCUT2D eigenvalue weighted by molar-refractivity contribution is 0.752. The second-order valence-electron chi connectivity index (χ2n) is 33.3. The summed E-state index contributed by atoms with van der Waals surface area (Å²) in [5.41, 5.74) is 42.9. The van der Waals surface area contributed by atoms with Gasteiger partial charge in [0.05, 0.1) is 45.0 Å². The maximum atomic E-state index is 2.52. The molecule has 0 fully saturated rings. The molecule has 20 aromatic carbocycles. The zero-order valence-corrected chi connectivity index (χ0v) is 69.1. The second-order valence-corrected chi connectivity index (χ2v) is 33.3. The van der Waals surface area contributed by atoms with E-state index in [-0.39, 0.29) is 0 Å². The van der Waals surface area contributed by atoms with Gasteiger partial charge in [-0.2, -0.15) is 0 Å². The number of nitrogens with zero attached hydrogens (tertiary/aromatic N) is 4. The molecular formula is C122H82N4. The fraction of sp³-hybridized carbons (Fsp3) is 0.0164. The molecule has 0 aromatic heterocycles. The summed E-state index contributed by atoms with van der Waals surface area (Å²) in [6.45, 7) is 0. The van der Waals surface area contributed by atoms with E-state index in [2.05, 4.69) is 517 Å². The normalized spacial score (nSPS) is 13.0. The molecule has 2 aliphatic heterocycles. The zero-order valence-electron chi connectivity index (χ0n) is 69.1. The van der Waals surface area contributed by atoms with E-state index < -0.39 is 10.8 Å². The molecule has 20 aromatic rings. The Hall–Kier alpha value is -16.4. The molecule has 0 N–H and O–H groups in total. The van der Waals surface area contributed by atoms with Crippen LogP contribution in [0.15, 0.2) is 497 Å². The molecule has 590 valence electrons. The van der Waals surface area contributed by atoms with Crippen molar-refractivity contribution in [1.82, 2.24) is 0 Å². The van der Waals surface area contributed by atoms with Gasteiger partial charge in [-0.3, -0.25) is 0 Å². The lowest BCUT2D eigenvalue weighted by atomic mass is 9.64. The first-order chi connectivity index (χ1) is 62.5. The third-order valence-corrected chi connectivity index (χ3v) is 26.7. The molecule has 4 heteroatoms. The van der Waals surface area contributed by atoms with E-state index in [1.807, 2.05) is 0 Å². The van der Waals surface area contributed by atoms with Crippen LogP contribution in [0.2, 0.25) is 0 Å². The number of para-hydroxylation sites is 5. The lowest BCUT2D eigenvalue weighted by Crippen LogP contribution is -2.36. The highest BCUT2D eigenvalue weighted by Gasteiger charge is 2.55. The smallest absolute Gasteiger partial charge is 0.0755 e. The predicted molar refractivity (Wildman–Crippen MR) is 525 cm³/mol. The summed E-state index contributed by atoms with van der Waals surface area (Å²) in [5.74, 6) is 0. The lowest BCUT2D eigenvalue weighted by Gasteiger charge is -2.45. The highest BCUT2D eigenvalue weighted by molar-refractivity contribution is 6.05. The van der Waals surface area contributed by atoms with Crippen LogP contribution in [0.3, 0.4) is 0 Å². The third-order valence-electron chi connectivity index (χ3n) is 26.7. The molecular weight excluding hydrogens is 1520 g/mol. The topological polar surface area (TPSA) is 13.0 Å². The van der Waals surface area contributed by atoms with Crippen molar-refractivity contribution >= 4 is 68.2 Å². The van der Waals surface area contributed by atoms with Gasteiger partial charge in [0.25, 0.3) is 0 Å². The average molecular weight is 1600 g/mol. The van der Waals surface area contributed by atoms with Crippen LogP contribution in [-0.4, -0.2) is 0 Å². The van der Waals surface area contributed by atoms with Gasteiger partial charge in [0.2, 0.25) is 0 Å². The van der Waals surface area contributed by atoms with Gasteiger partial charge in [0.1, 0.15) is 0 Å². The average Bonchev–Trinajstić information content (AvgIpc) is 1.50. The van der Waals surface area contributed by atoms with Crippen molar-refractivity contribution in [2.75, 3.05) is 19.6 Å². The highest BCUT2D eigenvalue weighted by Crippen LogP contribution is 2.68. The Morgan fingerprint density at radius 2 is 0.429 bits per heavy atom. The Kier molecular flexibility index (Phi) is 17.7. The summed E-state index contributed by atoms with van der Waals surface area (Å²) in [5, 5.41) is 0. The molecule has 24 rings (SSSR count). The summed E-state index contributed by atoms with van der Waals surface area (Å²) in [6.07, 6.45) is 0. The van der Waals surface area contributed by atoms with Gasteiger partial charge in [-0.05, 0) is 243 Å². The van der Waals surface area contributed by atoms with E-state index in [1.54, 1.807) is 0 Å². The summed E-state index contributed by atoms with van der Waals surface area (Å²) in [6, 6.07) is 185. The van der Waals surface area contributed by atoms with Crippen LogP contribution in [0.1, 0.15) is 44.5 Å². The van der Waals surface area contributed by atoms with E-state index in [0.717, 1.165) is 107 Å². The quantitative estimate of drug-likeness (QED) is 0.101. The number of benzene rings is 20. The monoisotopic (exact) mass is 1600 g/mol. The fourth-order valence-electron chi connectivity index (χ4n) is 21.3. The molecule has 0 atom stereocenters. The minimum Gasteiger partial charge on any atom is -0.310 e. The molecule has 0 radical (unpaired) electrons. The van der Waals surface area contributed by atoms with Crippen molar-refractivity contribution in [1.29, 1.82) is 0 Å². The molecule has 0 bridgehead atoms. The van der Waals surface area contributed by atoms with Crippen molar-refractivity contribution in [3.05, 3.63) is 542 Å². The maximum Gasteiger partial charge on any atom is 0.0755 e. The van der Waals surface area contributed by atoms with Crippen LogP contribution in [0.4, 0.5) is 68.2 Å². The molecule has 4 aliphatic rings. The van der Waals surface area contributed by atoms with Gasteiger partial charge < -0.3 is 19.6 Å². The molecule has 2 spiro atoms. The number of anilines is 12. The zero-order chi connectivity index (χ0) is 83.2. The fourth-order valence-corrected chi connectivity index (χ4v) is 21.3. The van der Waals surface area contributed by atoms with Crippen LogP contribution in [0.25, 0.3) is 100 Å². The Morgan fingerprint density at radius 1 is 0.151 bits per heavy atom. The Bertz CT molecular complexity index is 7460. The van der Waals surface area contributed by atoms with Gasteiger partial charge in [0.15, 0.2) is 0 Å². The van der Waals surface area contributed by atoms with Crippen molar-refractivity contribution < 1.29 is 0 Å². The number of hydrogen-bond acceptors (Lipinski definition) is 4. The van der Waals surface area contributed by atoms with Crippen LogP contribution < -0.4 is 19.6 Å². The van der Waals surface area contributed by atoms with E-state index >= 15 is 0 Å². The minimum absolute atomic E-state index is 0.657. The number of fused-ring (bicyclic) bond motifs is 18. The van der Waals surface area contributed by atoms with E-state index in [4.69, 9.17) is 0 Å². The van der Waals surface area contributed by atoms with Crippen molar-refractivity contribution in [2.24, 2.45) is 0 Å². The van der Waals surface area contributed by atoms with Crippen LogP contribution >= 0.6 is 0 Å². The van der Waals surface area contributed by atoms with Gasteiger partial charge in [-0.15, -0.1) is 0 Å². The largest absolute Gasteiger partial charge is 0.310 e. The number of hydrogen-bond donors (Lipinski definition) is 0. The first-order valence-electron chi connectivity index (χ1n) is 43.6. The SMILES string of the molecule is c1ccc(-c2ccc(-c3cccc(N(c4ccc(-c5ccccc5)cc4)c4cccc5c4-c4ccccc4C54c5ccccc5N(c5cccc(-c6ccc(-c7cc(N(c8ccc(-c9ccccc9)cc8)c8cccc9c8-c8ccccc8C98c9ccccc9N(c9ccccc9)c9ccccc98)ccc7-c7ccccc7)cc6)c5)c5ccccc54)c3)cc2)cc1. The summed E-state index contributed by atoms with van der Waals surface area (Å²) in [7, 11) is 0. The Labute approximate surface area is 735 Å². The number of rotatable bonds is 15. The minimum atomic E-state index is -0.708. The summed E-state index contributed by atoms with van der Waals surface area (Å²) in [4.78, 5) is 9.99. The third kappa shape index (κ3) is 11.7. The first-order valence-corrected chi connectivity index (χ1v) is 43.6. The molecule has 126 heavy (non-hydrogen) atoms. The van der Waals surface area contributed by atoms with Gasteiger partial charge in [-0.25, -0.2) is 0 Å². The standard InChI is InChI=1S/C122H82N4/c1-6-32-83(33-7-1)86-62-64-89(65-63-86)93-40-28-44-98(80-93)123(96-74-70-87(71-75-96)84-34-8-2-9-35-84)117-60-30-54-111-119(117)102-46-16-19-49-106(102)122(111)109-52-22-26-58-115(109)126(116-59-27-23-53-110(116)122)99-45-29-41-94(81-99)90-66-68-92(69-67-90)104-82-100(78-79-101(104)91-38-12-4-13-39-91)124(97-76-72-88(73-77-97)85-36-10-3-11-37-85)118-61-31-55-112-120(118)103-47-17-18-48-105(103)121(112)107-50-20-24-56-113(107)125(95-42-14-5-15-43-95)114-57-25-21-51-108(114)121/h1-82H. The maximum absolute atomic E-state index is 2.52. The molecule has 4 nitrogen and oxygen atoms in total. The van der Waals surface area contributed by atoms with Crippen LogP contribution in [0, 0.1) is 0 Å². The van der Waals surface area contributed by atoms with Crippen molar-refractivity contribution in [3.8, 4) is 100 Å². The van der Waals surface area contributed by atoms with Gasteiger partial charge in [-0.1, -0.05) is 388 Å². The molecule has 2 heterocycles. The van der Waals surface area contributed by atoms with E-state index in [1.165, 1.54) is 106 Å². The molecule has 0 unspecified atom stereocenters. The van der Waals surface area contributed by atoms with Gasteiger partial charge in [0, 0.05) is 45.3 Å². The first kappa shape index (κ1) is 73.5. The summed E-state index contributed by atoms with van der Waals surface area (Å²) < 4.78 is 0. The van der Waals surface area contributed by atoms with E-state index in [0.29, 0.717) is 0 Å². The predicted octanol–water partition coefficient (Wildman–Crippen LogP) is 32.6. The highest BCUT2D eigenvalue weighted by atomic mass is 15.2. The van der Waals surface area contributed by atoms with Crippen LogP contribution in [0.5, 0.6) is 0 Å². The second kappa shape index (κ2) is 30.3. The Morgan fingerprint density at radius 3 is 0.865 bits per heavy atom. The molecule has 0 saturated carbocycles. The van der Waals surface area contributed by atoms with Crippen molar-refractivity contribution in [3.63, 3.8) is 0 Å². The van der Waals surface area contributed by atoms with Gasteiger partial charge >= 0.3 is 0 Å². The Balaban J connectivity index is 0.620. The van der Waals surface area contributed by atoms with E-state index in [9.17, 15) is 0 Å². The molecule has 0 saturated heterocycles.